The number of carbonyl (C=O) groups is 1. The van der Waals surface area contributed by atoms with E-state index in [4.69, 9.17) is 5.26 Å². The van der Waals surface area contributed by atoms with Gasteiger partial charge in [0.05, 0.1) is 29.0 Å². The quantitative estimate of drug-likeness (QED) is 0.662. The fourth-order valence-electron chi connectivity index (χ4n) is 4.51. The van der Waals surface area contributed by atoms with Crippen molar-refractivity contribution in [2.45, 2.75) is 33.2 Å². The normalized spacial score (nSPS) is 15.9. The predicted octanol–water partition coefficient (Wildman–Crippen LogP) is 3.38. The second-order valence-electron chi connectivity index (χ2n) is 8.96. The number of amides is 1. The van der Waals surface area contributed by atoms with Gasteiger partial charge in [0.1, 0.15) is 0 Å². The molecule has 2 aromatic heterocycles. The molecule has 0 aliphatic carbocycles. The zero-order chi connectivity index (χ0) is 23.8. The molecule has 0 bridgehead atoms. The maximum atomic E-state index is 13.0. The van der Waals surface area contributed by atoms with E-state index in [0.717, 1.165) is 24.2 Å². The van der Waals surface area contributed by atoms with E-state index in [2.05, 4.69) is 41.8 Å². The number of carbonyl (C=O) groups excluding carboxylic acids is 1. The van der Waals surface area contributed by atoms with Crippen molar-refractivity contribution >= 4 is 5.91 Å². The van der Waals surface area contributed by atoms with Crippen LogP contribution >= 0.6 is 0 Å². The third-order valence-electron chi connectivity index (χ3n) is 6.34. The van der Waals surface area contributed by atoms with Crippen molar-refractivity contribution in [3.8, 4) is 28.9 Å². The van der Waals surface area contributed by atoms with Crippen LogP contribution in [0.5, 0.6) is 5.88 Å². The molecule has 0 radical (unpaired) electrons. The molecule has 1 aromatic carbocycles. The summed E-state index contributed by atoms with van der Waals surface area (Å²) in [5.41, 5.74) is 3.20. The second kappa shape index (κ2) is 8.68. The van der Waals surface area contributed by atoms with Crippen LogP contribution in [0.1, 0.15) is 42.3 Å². The Labute approximate surface area is 193 Å². The molecule has 3 heterocycles. The van der Waals surface area contributed by atoms with Crippen molar-refractivity contribution < 1.29 is 9.90 Å². The van der Waals surface area contributed by atoms with E-state index in [1.165, 1.54) is 10.9 Å². The molecule has 1 N–H and O–H groups in total. The molecule has 3 aromatic rings. The Kier molecular flexibility index (Phi) is 5.91. The van der Waals surface area contributed by atoms with Crippen molar-refractivity contribution in [1.82, 2.24) is 24.6 Å². The first-order valence-corrected chi connectivity index (χ1v) is 11.0. The average Bonchev–Trinajstić information content (AvgIpc) is 3.18. The zero-order valence-electron chi connectivity index (χ0n) is 19.4. The molecule has 8 heteroatoms. The second-order valence-corrected chi connectivity index (χ2v) is 8.96. The lowest BCUT2D eigenvalue weighted by atomic mass is 9.98. The Morgan fingerprint density at radius 2 is 1.97 bits per heavy atom. The minimum Gasteiger partial charge on any atom is -0.493 e. The maximum Gasteiger partial charge on any atom is 0.255 e. The topological polar surface area (TPSA) is 98.3 Å². The summed E-state index contributed by atoms with van der Waals surface area (Å²) in [7, 11) is 0. The highest BCUT2D eigenvalue weighted by Gasteiger charge is 2.34. The van der Waals surface area contributed by atoms with Crippen LogP contribution in [0.25, 0.3) is 16.9 Å². The van der Waals surface area contributed by atoms with Crippen LogP contribution in [0.15, 0.2) is 42.7 Å². The maximum absolute atomic E-state index is 13.0. The van der Waals surface area contributed by atoms with Gasteiger partial charge in [-0.15, -0.1) is 0 Å². The fraction of sp³-hybridized carbons (Fsp3) is 0.360. The number of aryl methyl sites for hydroxylation is 1. The molecular weight excluding hydrogens is 416 g/mol. The standard InChI is InChI=1S/C25H28N6O2/c1-5-30-11-10-29(16-25(30,3)4)23(32)19-7-9-22(27-14-19)31-24(33)21(15-28-31)20-8-6-18(13-26)12-17(20)2/h6-9,12,14-15,33H,5,10-11,16H2,1-4H3. The zero-order valence-corrected chi connectivity index (χ0v) is 19.4. The Balaban J connectivity index is 1.55. The highest BCUT2D eigenvalue weighted by molar-refractivity contribution is 5.94. The van der Waals surface area contributed by atoms with Crippen molar-refractivity contribution in [3.63, 3.8) is 0 Å². The van der Waals surface area contributed by atoms with Gasteiger partial charge in [-0.1, -0.05) is 13.0 Å². The van der Waals surface area contributed by atoms with E-state index in [0.29, 0.717) is 35.6 Å². The lowest BCUT2D eigenvalue weighted by molar-refractivity contribution is 0.0209. The molecule has 0 saturated carbocycles. The van der Waals surface area contributed by atoms with Crippen LogP contribution in [0.4, 0.5) is 0 Å². The smallest absolute Gasteiger partial charge is 0.255 e. The van der Waals surface area contributed by atoms with Gasteiger partial charge in [-0.25, -0.2) is 4.98 Å². The Morgan fingerprint density at radius 3 is 2.58 bits per heavy atom. The third kappa shape index (κ3) is 4.20. The van der Waals surface area contributed by atoms with Gasteiger partial charge < -0.3 is 10.0 Å². The van der Waals surface area contributed by atoms with E-state index < -0.39 is 0 Å². The summed E-state index contributed by atoms with van der Waals surface area (Å²) in [5, 5.41) is 24.1. The number of nitriles is 1. The number of pyridine rings is 1. The van der Waals surface area contributed by atoms with Gasteiger partial charge in [0.25, 0.3) is 5.91 Å². The Bertz CT molecular complexity index is 1220. The molecule has 0 unspecified atom stereocenters. The number of benzene rings is 1. The minimum absolute atomic E-state index is 0.0449. The van der Waals surface area contributed by atoms with E-state index in [1.54, 1.807) is 36.5 Å². The number of nitrogens with zero attached hydrogens (tertiary/aromatic N) is 6. The van der Waals surface area contributed by atoms with Gasteiger partial charge >= 0.3 is 0 Å². The lowest BCUT2D eigenvalue weighted by Gasteiger charge is -2.46. The van der Waals surface area contributed by atoms with E-state index in [-0.39, 0.29) is 17.3 Å². The molecule has 4 rings (SSSR count). The van der Waals surface area contributed by atoms with E-state index in [1.807, 2.05) is 11.8 Å². The van der Waals surface area contributed by atoms with Crippen molar-refractivity contribution in [2.75, 3.05) is 26.2 Å². The first-order valence-electron chi connectivity index (χ1n) is 11.0. The number of hydrogen-bond acceptors (Lipinski definition) is 6. The van der Waals surface area contributed by atoms with E-state index >= 15 is 0 Å². The van der Waals surface area contributed by atoms with Gasteiger partial charge in [-0.3, -0.25) is 9.69 Å². The SMILES string of the molecule is CCN1CCN(C(=O)c2ccc(-n3ncc(-c4ccc(C#N)cc4C)c3O)nc2)CC1(C)C. The van der Waals surface area contributed by atoms with Crippen LogP contribution < -0.4 is 0 Å². The van der Waals surface area contributed by atoms with Crippen molar-refractivity contribution in [2.24, 2.45) is 0 Å². The molecule has 33 heavy (non-hydrogen) atoms. The summed E-state index contributed by atoms with van der Waals surface area (Å²) in [5.74, 6) is 0.320. The summed E-state index contributed by atoms with van der Waals surface area (Å²) >= 11 is 0. The van der Waals surface area contributed by atoms with Gasteiger partial charge in [0, 0.05) is 31.4 Å². The summed E-state index contributed by atoms with van der Waals surface area (Å²) in [4.78, 5) is 21.7. The predicted molar refractivity (Wildman–Crippen MR) is 125 cm³/mol. The van der Waals surface area contributed by atoms with Gasteiger partial charge in [-0.05, 0) is 62.7 Å². The third-order valence-corrected chi connectivity index (χ3v) is 6.34. The summed E-state index contributed by atoms with van der Waals surface area (Å²) in [6, 6.07) is 10.8. The van der Waals surface area contributed by atoms with Crippen molar-refractivity contribution in [1.29, 1.82) is 5.26 Å². The van der Waals surface area contributed by atoms with Crippen LogP contribution in [0.3, 0.4) is 0 Å². The van der Waals surface area contributed by atoms with Crippen LogP contribution in [0.2, 0.25) is 0 Å². The molecule has 1 fully saturated rings. The Hall–Kier alpha value is -3.70. The van der Waals surface area contributed by atoms with Crippen LogP contribution in [-0.2, 0) is 0 Å². The summed E-state index contributed by atoms with van der Waals surface area (Å²) < 4.78 is 1.34. The van der Waals surface area contributed by atoms with Crippen LogP contribution in [0, 0.1) is 18.3 Å². The number of rotatable bonds is 4. The Morgan fingerprint density at radius 1 is 1.18 bits per heavy atom. The fourth-order valence-corrected chi connectivity index (χ4v) is 4.51. The lowest BCUT2D eigenvalue weighted by Crippen LogP contribution is -2.60. The van der Waals surface area contributed by atoms with E-state index in [9.17, 15) is 9.90 Å². The largest absolute Gasteiger partial charge is 0.493 e. The summed E-state index contributed by atoms with van der Waals surface area (Å²) in [6.45, 7) is 11.5. The molecule has 8 nitrogen and oxygen atoms in total. The first kappa shape index (κ1) is 22.5. The van der Waals surface area contributed by atoms with Gasteiger partial charge in [-0.2, -0.15) is 15.0 Å². The minimum atomic E-state index is -0.0726. The van der Waals surface area contributed by atoms with Crippen molar-refractivity contribution in [3.05, 3.63) is 59.4 Å². The number of hydrogen-bond donors (Lipinski definition) is 1. The molecule has 1 saturated heterocycles. The molecule has 1 aliphatic heterocycles. The highest BCUT2D eigenvalue weighted by Crippen LogP contribution is 2.33. The van der Waals surface area contributed by atoms with Gasteiger partial charge in [0.2, 0.25) is 5.88 Å². The molecule has 0 spiro atoms. The monoisotopic (exact) mass is 444 g/mol. The van der Waals surface area contributed by atoms with Gasteiger partial charge in [0.15, 0.2) is 5.82 Å². The number of likely N-dealkylation sites (N-methyl/N-ethyl adjacent to an activating group) is 1. The molecule has 170 valence electrons. The average molecular weight is 445 g/mol. The molecule has 0 atom stereocenters. The molecule has 1 aliphatic rings. The highest BCUT2D eigenvalue weighted by atomic mass is 16.3. The molecular formula is C25H28N6O2. The first-order chi connectivity index (χ1) is 15.7. The number of aromatic nitrogens is 3. The number of aromatic hydroxyl groups is 1. The van der Waals surface area contributed by atoms with Crippen LogP contribution in [-0.4, -0.2) is 67.3 Å². The summed E-state index contributed by atoms with van der Waals surface area (Å²) in [6.07, 6.45) is 3.10. The molecule has 1 amide bonds. The number of piperazine rings is 1.